The lowest BCUT2D eigenvalue weighted by Gasteiger charge is -2.17. The number of thiocarbonyl (C=S) groups is 1. The van der Waals surface area contributed by atoms with Crippen LogP contribution in [0.4, 0.5) is 11.4 Å². The number of aryl methyl sites for hydroxylation is 2. The van der Waals surface area contributed by atoms with Crippen LogP contribution in [-0.4, -0.2) is 10.9 Å². The first-order valence-corrected chi connectivity index (χ1v) is 8.25. The molecule has 0 aliphatic heterocycles. The fourth-order valence-electron chi connectivity index (χ4n) is 2.47. The number of anilines is 2. The van der Waals surface area contributed by atoms with Crippen LogP contribution in [0.2, 0.25) is 0 Å². The molecule has 0 saturated heterocycles. The number of hydrogen-bond acceptors (Lipinski definition) is 2. The van der Waals surface area contributed by atoms with E-state index in [0.29, 0.717) is 10.7 Å². The fraction of sp³-hybridized carbons (Fsp3) is 0.263. The summed E-state index contributed by atoms with van der Waals surface area (Å²) >= 11 is 5.43. The van der Waals surface area contributed by atoms with Gasteiger partial charge in [-0.25, -0.2) is 0 Å². The summed E-state index contributed by atoms with van der Waals surface area (Å²) in [7, 11) is 0. The third-order valence-electron chi connectivity index (χ3n) is 3.79. The maximum atomic E-state index is 11.3. The molecule has 0 radical (unpaired) electrons. The molecule has 0 atom stereocenters. The molecule has 0 aliphatic carbocycles. The second-order valence-corrected chi connectivity index (χ2v) is 5.78. The Kier molecular flexibility index (Phi) is 5.88. The van der Waals surface area contributed by atoms with E-state index in [4.69, 9.17) is 12.2 Å². The molecule has 0 aliphatic rings. The van der Waals surface area contributed by atoms with Crippen molar-refractivity contribution in [2.24, 2.45) is 0 Å². The lowest BCUT2D eigenvalue weighted by atomic mass is 10.0. The molecule has 0 spiro atoms. The molecule has 23 heavy (non-hydrogen) atoms. The van der Waals surface area contributed by atoms with Gasteiger partial charge in [-0.15, -0.1) is 0 Å². The van der Waals surface area contributed by atoms with E-state index in [1.54, 1.807) is 19.1 Å². The van der Waals surface area contributed by atoms with Gasteiger partial charge in [0.05, 0.1) is 0 Å². The molecule has 2 aromatic rings. The Bertz CT molecular complexity index is 686. The summed E-state index contributed by atoms with van der Waals surface area (Å²) in [4.78, 5) is 11.3. The van der Waals surface area contributed by atoms with Gasteiger partial charge in [-0.1, -0.05) is 32.0 Å². The molecule has 3 nitrogen and oxygen atoms in total. The van der Waals surface area contributed by atoms with E-state index in [1.165, 1.54) is 11.1 Å². The number of carbonyl (C=O) groups is 1. The van der Waals surface area contributed by atoms with Gasteiger partial charge in [0.15, 0.2) is 10.9 Å². The van der Waals surface area contributed by atoms with Gasteiger partial charge in [-0.05, 0) is 67.4 Å². The predicted molar refractivity (Wildman–Crippen MR) is 101 cm³/mol. The van der Waals surface area contributed by atoms with Crippen LogP contribution in [0.1, 0.15) is 42.3 Å². The van der Waals surface area contributed by atoms with Crippen molar-refractivity contribution in [3.8, 4) is 0 Å². The van der Waals surface area contributed by atoms with Crippen LogP contribution < -0.4 is 10.6 Å². The third-order valence-corrected chi connectivity index (χ3v) is 3.99. The van der Waals surface area contributed by atoms with Crippen LogP contribution in [-0.2, 0) is 12.8 Å². The Labute approximate surface area is 143 Å². The largest absolute Gasteiger partial charge is 0.332 e. The van der Waals surface area contributed by atoms with Gasteiger partial charge in [0, 0.05) is 16.9 Å². The minimum atomic E-state index is 0.0571. The van der Waals surface area contributed by atoms with Crippen LogP contribution in [0, 0.1) is 0 Å². The van der Waals surface area contributed by atoms with Crippen LogP contribution in [0.3, 0.4) is 0 Å². The quantitative estimate of drug-likeness (QED) is 0.610. The van der Waals surface area contributed by atoms with E-state index in [-0.39, 0.29) is 5.78 Å². The lowest BCUT2D eigenvalue weighted by molar-refractivity contribution is 0.101. The molecule has 0 bridgehead atoms. The second kappa shape index (κ2) is 7.88. The summed E-state index contributed by atoms with van der Waals surface area (Å²) in [6, 6.07) is 13.6. The number of hydrogen-bond donors (Lipinski definition) is 2. The number of Topliss-reactive ketones (excluding diaryl/α,β-unsaturated/α-hetero) is 1. The smallest absolute Gasteiger partial charge is 0.175 e. The molecule has 0 heterocycles. The molecule has 0 fully saturated rings. The van der Waals surface area contributed by atoms with Gasteiger partial charge in [-0.3, -0.25) is 4.79 Å². The Morgan fingerprint density at radius 3 is 2.00 bits per heavy atom. The average Bonchev–Trinajstić information content (AvgIpc) is 2.55. The second-order valence-electron chi connectivity index (χ2n) is 5.37. The molecule has 0 amide bonds. The average molecular weight is 326 g/mol. The van der Waals surface area contributed by atoms with E-state index in [1.807, 2.05) is 12.1 Å². The predicted octanol–water partition coefficient (Wildman–Crippen LogP) is 4.82. The number of benzene rings is 2. The van der Waals surface area contributed by atoms with E-state index >= 15 is 0 Å². The first-order valence-electron chi connectivity index (χ1n) is 7.84. The van der Waals surface area contributed by atoms with Crippen molar-refractivity contribution in [3.05, 3.63) is 59.2 Å². The zero-order chi connectivity index (χ0) is 16.8. The van der Waals surface area contributed by atoms with Crippen LogP contribution in [0.5, 0.6) is 0 Å². The van der Waals surface area contributed by atoms with Crippen LogP contribution in [0.25, 0.3) is 0 Å². The maximum Gasteiger partial charge on any atom is 0.175 e. The number of rotatable bonds is 5. The minimum absolute atomic E-state index is 0.0571. The zero-order valence-corrected chi connectivity index (χ0v) is 14.6. The van der Waals surface area contributed by atoms with Gasteiger partial charge in [0.25, 0.3) is 0 Å². The van der Waals surface area contributed by atoms with Crippen molar-refractivity contribution in [2.75, 3.05) is 10.6 Å². The summed E-state index contributed by atoms with van der Waals surface area (Å²) in [6.07, 6.45) is 1.90. The summed E-state index contributed by atoms with van der Waals surface area (Å²) in [5, 5.41) is 7.04. The molecule has 2 aromatic carbocycles. The molecule has 0 saturated carbocycles. The lowest BCUT2D eigenvalue weighted by Crippen LogP contribution is -2.21. The molecule has 0 aromatic heterocycles. The highest BCUT2D eigenvalue weighted by Gasteiger charge is 2.08. The number of ketones is 1. The first-order chi connectivity index (χ1) is 11.0. The normalized spacial score (nSPS) is 10.2. The summed E-state index contributed by atoms with van der Waals surface area (Å²) in [6.45, 7) is 5.83. The van der Waals surface area contributed by atoms with Crippen molar-refractivity contribution >= 4 is 34.5 Å². The molecular weight excluding hydrogens is 304 g/mol. The molecule has 120 valence electrons. The molecule has 4 heteroatoms. The van der Waals surface area contributed by atoms with E-state index < -0.39 is 0 Å². The van der Waals surface area contributed by atoms with E-state index in [9.17, 15) is 4.79 Å². The Balaban J connectivity index is 2.12. The summed E-state index contributed by atoms with van der Waals surface area (Å²) < 4.78 is 0. The van der Waals surface area contributed by atoms with Gasteiger partial charge in [0.2, 0.25) is 0 Å². The number of nitrogens with one attached hydrogen (secondary N) is 2. The van der Waals surface area contributed by atoms with Gasteiger partial charge in [-0.2, -0.15) is 0 Å². The Hall–Kier alpha value is -2.20. The van der Waals surface area contributed by atoms with Crippen molar-refractivity contribution in [2.45, 2.75) is 33.6 Å². The monoisotopic (exact) mass is 326 g/mol. The van der Waals surface area contributed by atoms with Crippen molar-refractivity contribution in [1.29, 1.82) is 0 Å². The maximum absolute atomic E-state index is 11.3. The molecule has 0 unspecified atom stereocenters. The van der Waals surface area contributed by atoms with E-state index in [2.05, 4.69) is 42.7 Å². The van der Waals surface area contributed by atoms with Crippen LogP contribution >= 0.6 is 12.2 Å². The van der Waals surface area contributed by atoms with Gasteiger partial charge < -0.3 is 10.6 Å². The molecule has 2 N–H and O–H groups in total. The highest BCUT2D eigenvalue weighted by Crippen LogP contribution is 2.23. The van der Waals surface area contributed by atoms with Crippen molar-refractivity contribution in [3.63, 3.8) is 0 Å². The minimum Gasteiger partial charge on any atom is -0.332 e. The SMILES string of the molecule is CCc1cccc(CC)c1NC(=S)Nc1ccc(C(C)=O)cc1. The highest BCUT2D eigenvalue weighted by atomic mass is 32.1. The fourth-order valence-corrected chi connectivity index (χ4v) is 2.69. The highest BCUT2D eigenvalue weighted by molar-refractivity contribution is 7.80. The zero-order valence-electron chi connectivity index (χ0n) is 13.8. The van der Waals surface area contributed by atoms with Gasteiger partial charge >= 0.3 is 0 Å². The van der Waals surface area contributed by atoms with Crippen LogP contribution in [0.15, 0.2) is 42.5 Å². The number of carbonyl (C=O) groups excluding carboxylic acids is 1. The Morgan fingerprint density at radius 2 is 1.52 bits per heavy atom. The van der Waals surface area contributed by atoms with Gasteiger partial charge in [0.1, 0.15) is 0 Å². The first kappa shape index (κ1) is 17.2. The molecule has 2 rings (SSSR count). The van der Waals surface area contributed by atoms with Crippen molar-refractivity contribution < 1.29 is 4.79 Å². The Morgan fingerprint density at radius 1 is 0.957 bits per heavy atom. The summed E-state index contributed by atoms with van der Waals surface area (Å²) in [5.74, 6) is 0.0571. The van der Waals surface area contributed by atoms with E-state index in [0.717, 1.165) is 24.2 Å². The third kappa shape index (κ3) is 4.39. The topological polar surface area (TPSA) is 41.1 Å². The standard InChI is InChI=1S/C19H22N2OS/c1-4-14-7-6-8-15(5-2)18(14)21-19(23)20-17-11-9-16(10-12-17)13(3)22/h6-12H,4-5H2,1-3H3,(H2,20,21,23). The number of para-hydroxylation sites is 1. The summed E-state index contributed by atoms with van der Waals surface area (Å²) in [5.41, 5.74) is 5.15. The molecular formula is C19H22N2OS. The van der Waals surface area contributed by atoms with Crippen molar-refractivity contribution in [1.82, 2.24) is 0 Å².